The molecule has 1 aromatic heterocycles. The Morgan fingerprint density at radius 2 is 1.92 bits per heavy atom. The third kappa shape index (κ3) is 4.47. The number of benzene rings is 2. The van der Waals surface area contributed by atoms with Gasteiger partial charge in [0.05, 0.1) is 18.5 Å². The maximum Gasteiger partial charge on any atom is 0.123 e. The number of aliphatic hydroxyl groups is 1. The highest BCUT2D eigenvalue weighted by Crippen LogP contribution is 2.22. The Hall–Kier alpha value is -2.63. The summed E-state index contributed by atoms with van der Waals surface area (Å²) >= 11 is 0. The molecule has 0 amide bonds. The van der Waals surface area contributed by atoms with Crippen LogP contribution in [-0.2, 0) is 13.1 Å². The molecule has 0 bridgehead atoms. The first-order valence-corrected chi connectivity index (χ1v) is 8.39. The minimum Gasteiger partial charge on any atom is -0.491 e. The van der Waals surface area contributed by atoms with Crippen molar-refractivity contribution in [2.75, 3.05) is 13.2 Å². The van der Waals surface area contributed by atoms with Crippen LogP contribution in [0.3, 0.4) is 0 Å². The average Bonchev–Trinajstić information content (AvgIpc) is 3.09. The summed E-state index contributed by atoms with van der Waals surface area (Å²) in [7, 11) is 0. The zero-order valence-corrected chi connectivity index (χ0v) is 14.3. The summed E-state index contributed by atoms with van der Waals surface area (Å²) in [6.45, 7) is 3.78. The van der Waals surface area contributed by atoms with E-state index in [0.29, 0.717) is 19.7 Å². The Labute approximate surface area is 147 Å². The monoisotopic (exact) mass is 337 g/mol. The van der Waals surface area contributed by atoms with E-state index in [9.17, 15) is 0 Å². The Kier molecular flexibility index (Phi) is 5.82. The lowest BCUT2D eigenvalue weighted by atomic mass is 10.1. The van der Waals surface area contributed by atoms with Gasteiger partial charge >= 0.3 is 0 Å². The molecule has 0 spiro atoms. The molecule has 0 unspecified atom stereocenters. The smallest absolute Gasteiger partial charge is 0.123 e. The zero-order valence-electron chi connectivity index (χ0n) is 14.3. The van der Waals surface area contributed by atoms with Crippen LogP contribution >= 0.6 is 0 Å². The Balaban J connectivity index is 1.65. The molecule has 0 atom stereocenters. The van der Waals surface area contributed by atoms with Crippen molar-refractivity contribution in [1.82, 2.24) is 15.5 Å². The van der Waals surface area contributed by atoms with Gasteiger partial charge in [0, 0.05) is 29.8 Å². The number of hydrogen-bond acceptors (Lipinski definition) is 4. The molecule has 3 rings (SSSR count). The van der Waals surface area contributed by atoms with Crippen molar-refractivity contribution in [3.05, 3.63) is 71.4 Å². The molecule has 0 saturated heterocycles. The van der Waals surface area contributed by atoms with Crippen LogP contribution < -0.4 is 10.1 Å². The molecule has 0 radical (unpaired) electrons. The van der Waals surface area contributed by atoms with Crippen LogP contribution in [0.25, 0.3) is 11.3 Å². The van der Waals surface area contributed by atoms with Gasteiger partial charge in [0.25, 0.3) is 0 Å². The van der Waals surface area contributed by atoms with Crippen LogP contribution in [0.4, 0.5) is 0 Å². The molecule has 5 nitrogen and oxygen atoms in total. The Morgan fingerprint density at radius 3 is 2.76 bits per heavy atom. The lowest BCUT2D eigenvalue weighted by Gasteiger charge is -2.11. The predicted octanol–water partition coefficient (Wildman–Crippen LogP) is 3.05. The minimum atomic E-state index is 0.0106. The molecule has 25 heavy (non-hydrogen) atoms. The number of aryl methyl sites for hydroxylation is 1. The summed E-state index contributed by atoms with van der Waals surface area (Å²) in [4.78, 5) is 0. The molecule has 130 valence electrons. The summed E-state index contributed by atoms with van der Waals surface area (Å²) in [5.41, 5.74) is 5.60. The van der Waals surface area contributed by atoms with Crippen molar-refractivity contribution < 1.29 is 9.84 Å². The Morgan fingerprint density at radius 1 is 1.08 bits per heavy atom. The number of aliphatic hydroxyl groups excluding tert-OH is 1. The molecule has 1 heterocycles. The standard InChI is InChI=1S/C20H23N3O2/c1-15-5-4-7-16(11-15)20-18(14-22-23-20)13-21-12-17-6-2-3-8-19(17)25-10-9-24/h2-8,11,14,21,24H,9-10,12-13H2,1H3,(H,22,23). The molecule has 0 saturated carbocycles. The van der Waals surface area contributed by atoms with Crippen molar-refractivity contribution in [3.8, 4) is 17.0 Å². The van der Waals surface area contributed by atoms with Gasteiger partial charge in [0.1, 0.15) is 12.4 Å². The summed E-state index contributed by atoms with van der Waals surface area (Å²) in [5, 5.41) is 19.7. The zero-order chi connectivity index (χ0) is 17.5. The second kappa shape index (κ2) is 8.46. The van der Waals surface area contributed by atoms with Crippen LogP contribution in [0.2, 0.25) is 0 Å². The van der Waals surface area contributed by atoms with E-state index in [4.69, 9.17) is 9.84 Å². The van der Waals surface area contributed by atoms with Gasteiger partial charge in [-0.25, -0.2) is 0 Å². The molecule has 0 aliphatic rings. The number of nitrogens with one attached hydrogen (secondary N) is 2. The maximum atomic E-state index is 8.93. The van der Waals surface area contributed by atoms with E-state index in [1.54, 1.807) is 0 Å². The second-order valence-electron chi connectivity index (χ2n) is 5.92. The van der Waals surface area contributed by atoms with E-state index in [0.717, 1.165) is 28.1 Å². The summed E-state index contributed by atoms with van der Waals surface area (Å²) < 4.78 is 5.57. The topological polar surface area (TPSA) is 70.2 Å². The first-order valence-electron chi connectivity index (χ1n) is 8.39. The fourth-order valence-electron chi connectivity index (χ4n) is 2.77. The molecule has 2 aromatic carbocycles. The van der Waals surface area contributed by atoms with Gasteiger partial charge in [0.15, 0.2) is 0 Å². The normalized spacial score (nSPS) is 10.8. The fourth-order valence-corrected chi connectivity index (χ4v) is 2.77. The predicted molar refractivity (Wildman–Crippen MR) is 98.3 cm³/mol. The molecular weight excluding hydrogens is 314 g/mol. The van der Waals surface area contributed by atoms with Crippen molar-refractivity contribution >= 4 is 0 Å². The number of para-hydroxylation sites is 1. The number of nitrogens with zero attached hydrogens (tertiary/aromatic N) is 1. The largest absolute Gasteiger partial charge is 0.491 e. The van der Waals surface area contributed by atoms with E-state index >= 15 is 0 Å². The highest BCUT2D eigenvalue weighted by atomic mass is 16.5. The van der Waals surface area contributed by atoms with Gasteiger partial charge < -0.3 is 15.2 Å². The van der Waals surface area contributed by atoms with Gasteiger partial charge in [-0.1, -0.05) is 42.0 Å². The molecule has 3 aromatic rings. The van der Waals surface area contributed by atoms with Gasteiger partial charge in [-0.2, -0.15) is 5.10 Å². The lowest BCUT2D eigenvalue weighted by molar-refractivity contribution is 0.200. The Bertz CT molecular complexity index is 814. The van der Waals surface area contributed by atoms with Gasteiger partial charge in [0.2, 0.25) is 0 Å². The summed E-state index contributed by atoms with van der Waals surface area (Å²) in [6.07, 6.45) is 1.86. The van der Waals surface area contributed by atoms with Crippen LogP contribution in [0.15, 0.2) is 54.7 Å². The number of rotatable bonds is 8. The first kappa shape index (κ1) is 17.2. The number of aromatic nitrogens is 2. The van der Waals surface area contributed by atoms with Crippen LogP contribution in [0.5, 0.6) is 5.75 Å². The first-order chi connectivity index (χ1) is 12.3. The third-order valence-electron chi connectivity index (χ3n) is 3.98. The van der Waals surface area contributed by atoms with E-state index in [1.165, 1.54) is 5.56 Å². The molecule has 0 aliphatic heterocycles. The van der Waals surface area contributed by atoms with Crippen molar-refractivity contribution in [2.45, 2.75) is 20.0 Å². The summed E-state index contributed by atoms with van der Waals surface area (Å²) in [6, 6.07) is 16.2. The van der Waals surface area contributed by atoms with Crippen LogP contribution in [0.1, 0.15) is 16.7 Å². The highest BCUT2D eigenvalue weighted by Gasteiger charge is 2.08. The number of ether oxygens (including phenoxy) is 1. The van der Waals surface area contributed by atoms with Crippen molar-refractivity contribution in [3.63, 3.8) is 0 Å². The van der Waals surface area contributed by atoms with E-state index in [-0.39, 0.29) is 6.61 Å². The van der Waals surface area contributed by atoms with Crippen molar-refractivity contribution in [2.24, 2.45) is 0 Å². The average molecular weight is 337 g/mol. The van der Waals surface area contributed by atoms with Gasteiger partial charge in [-0.15, -0.1) is 0 Å². The SMILES string of the molecule is Cc1cccc(-c2[nH]ncc2CNCc2ccccc2OCCO)c1. The fraction of sp³-hybridized carbons (Fsp3) is 0.250. The van der Waals surface area contributed by atoms with E-state index in [2.05, 4.69) is 46.7 Å². The van der Waals surface area contributed by atoms with Gasteiger partial charge in [-0.3, -0.25) is 5.10 Å². The molecule has 0 fully saturated rings. The number of aromatic amines is 1. The molecule has 3 N–H and O–H groups in total. The van der Waals surface area contributed by atoms with Crippen molar-refractivity contribution in [1.29, 1.82) is 0 Å². The number of hydrogen-bond donors (Lipinski definition) is 3. The highest BCUT2D eigenvalue weighted by molar-refractivity contribution is 5.63. The third-order valence-corrected chi connectivity index (χ3v) is 3.98. The summed E-state index contributed by atoms with van der Waals surface area (Å²) in [5.74, 6) is 0.801. The van der Waals surface area contributed by atoms with Crippen LogP contribution in [0, 0.1) is 6.92 Å². The lowest BCUT2D eigenvalue weighted by Crippen LogP contribution is -2.14. The quantitative estimate of drug-likeness (QED) is 0.591. The maximum absolute atomic E-state index is 8.93. The second-order valence-corrected chi connectivity index (χ2v) is 5.92. The van der Waals surface area contributed by atoms with Crippen LogP contribution in [-0.4, -0.2) is 28.5 Å². The number of H-pyrrole nitrogens is 1. The molecule has 5 heteroatoms. The van der Waals surface area contributed by atoms with E-state index < -0.39 is 0 Å². The van der Waals surface area contributed by atoms with Gasteiger partial charge in [-0.05, 0) is 19.1 Å². The minimum absolute atomic E-state index is 0.0106. The molecular formula is C20H23N3O2. The molecule has 0 aliphatic carbocycles. The van der Waals surface area contributed by atoms with E-state index in [1.807, 2.05) is 30.5 Å².